The normalized spacial score (nSPS) is 10.8. The highest BCUT2D eigenvalue weighted by molar-refractivity contribution is 14.1. The molecule has 0 saturated heterocycles. The van der Waals surface area contributed by atoms with Gasteiger partial charge in [-0.1, -0.05) is 0 Å². The minimum absolute atomic E-state index is 0.350. The van der Waals surface area contributed by atoms with Crippen LogP contribution in [-0.2, 0) is 0 Å². The summed E-state index contributed by atoms with van der Waals surface area (Å²) in [6.45, 7) is 0. The van der Waals surface area contributed by atoms with E-state index in [1.165, 1.54) is 0 Å². The molecule has 2 aromatic rings. The van der Waals surface area contributed by atoms with Gasteiger partial charge in [0.25, 0.3) is 0 Å². The molecule has 2 nitrogen and oxygen atoms in total. The molecule has 0 spiro atoms. The van der Waals surface area contributed by atoms with Crippen LogP contribution >= 0.6 is 33.9 Å². The lowest BCUT2D eigenvalue weighted by Crippen LogP contribution is -1.81. The Hall–Kier alpha value is -0.490. The molecule has 1 aromatic carbocycles. The lowest BCUT2D eigenvalue weighted by molar-refractivity contribution is 0.480. The Kier molecular flexibility index (Phi) is 1.88. The molecule has 0 saturated carbocycles. The van der Waals surface area contributed by atoms with Crippen LogP contribution in [0.15, 0.2) is 18.2 Å². The lowest BCUT2D eigenvalue weighted by Gasteiger charge is -1.92. The van der Waals surface area contributed by atoms with Gasteiger partial charge in [-0.2, -0.15) is 0 Å². The molecule has 0 aliphatic heterocycles. The van der Waals surface area contributed by atoms with Crippen LogP contribution in [0.4, 0.5) is 5.69 Å². The molecule has 0 aliphatic rings. The van der Waals surface area contributed by atoms with E-state index in [1.807, 2.05) is 12.1 Å². The predicted octanol–water partition coefficient (Wildman–Crippen LogP) is 2.79. The molecule has 0 fully saturated rings. The first kappa shape index (κ1) is 8.12. The molecule has 0 unspecified atom stereocenters. The molecule has 0 amide bonds. The van der Waals surface area contributed by atoms with E-state index in [4.69, 9.17) is 5.73 Å². The second-order valence-electron chi connectivity index (χ2n) is 2.48. The number of hydrogen-bond acceptors (Lipinski definition) is 3. The fourth-order valence-corrected chi connectivity index (χ4v) is 2.88. The number of fused-ring (bicyclic) bond motifs is 1. The average Bonchev–Trinajstić information content (AvgIpc) is 2.31. The van der Waals surface area contributed by atoms with Gasteiger partial charge in [0.1, 0.15) is 8.63 Å². The highest BCUT2D eigenvalue weighted by Gasteiger charge is 2.07. The van der Waals surface area contributed by atoms with Gasteiger partial charge >= 0.3 is 0 Å². The van der Waals surface area contributed by atoms with E-state index in [0.29, 0.717) is 11.4 Å². The van der Waals surface area contributed by atoms with E-state index >= 15 is 0 Å². The Balaban J connectivity index is 2.88. The highest BCUT2D eigenvalue weighted by atomic mass is 127. The van der Waals surface area contributed by atoms with Crippen molar-refractivity contribution >= 4 is 49.7 Å². The van der Waals surface area contributed by atoms with Crippen LogP contribution in [0, 0.1) is 2.88 Å². The topological polar surface area (TPSA) is 46.2 Å². The largest absolute Gasteiger partial charge is 0.505 e. The van der Waals surface area contributed by atoms with Crippen LogP contribution in [0.1, 0.15) is 0 Å². The molecule has 62 valence electrons. The van der Waals surface area contributed by atoms with Crippen LogP contribution in [0.2, 0.25) is 0 Å². The fourth-order valence-electron chi connectivity index (χ4n) is 1.07. The number of anilines is 1. The minimum Gasteiger partial charge on any atom is -0.505 e. The molecular formula is C8H6INOS. The van der Waals surface area contributed by atoms with Crippen LogP contribution in [0.3, 0.4) is 0 Å². The maximum atomic E-state index is 9.57. The first-order valence-electron chi connectivity index (χ1n) is 3.35. The summed E-state index contributed by atoms with van der Waals surface area (Å²) < 4.78 is 1.99. The van der Waals surface area contributed by atoms with E-state index in [1.54, 1.807) is 17.4 Å². The first-order chi connectivity index (χ1) is 5.68. The van der Waals surface area contributed by atoms with Gasteiger partial charge in [0.05, 0.1) is 0 Å². The van der Waals surface area contributed by atoms with Crippen molar-refractivity contribution in [2.24, 2.45) is 0 Å². The number of hydrogen-bond donors (Lipinski definition) is 2. The quantitative estimate of drug-likeness (QED) is 0.579. The molecule has 0 radical (unpaired) electrons. The monoisotopic (exact) mass is 291 g/mol. The molecule has 2 rings (SSSR count). The van der Waals surface area contributed by atoms with Crippen molar-refractivity contribution in [3.63, 3.8) is 0 Å². The molecule has 0 aliphatic carbocycles. The van der Waals surface area contributed by atoms with Gasteiger partial charge in [0.15, 0.2) is 0 Å². The van der Waals surface area contributed by atoms with Crippen LogP contribution in [0.25, 0.3) is 10.1 Å². The summed E-state index contributed by atoms with van der Waals surface area (Å²) in [6, 6.07) is 5.56. The molecule has 4 heteroatoms. The third-order valence-corrected chi connectivity index (χ3v) is 3.76. The van der Waals surface area contributed by atoms with Crippen molar-refractivity contribution in [3.05, 3.63) is 21.1 Å². The summed E-state index contributed by atoms with van der Waals surface area (Å²) in [5.74, 6) is 0.350. The summed E-state index contributed by atoms with van der Waals surface area (Å²) in [4.78, 5) is 0. The van der Waals surface area contributed by atoms with Gasteiger partial charge in [0, 0.05) is 15.8 Å². The number of nitrogens with two attached hydrogens (primary N) is 1. The Labute approximate surface area is 87.1 Å². The summed E-state index contributed by atoms with van der Waals surface area (Å²) in [7, 11) is 0. The van der Waals surface area contributed by atoms with Crippen LogP contribution in [-0.4, -0.2) is 5.11 Å². The summed E-state index contributed by atoms with van der Waals surface area (Å²) in [5.41, 5.74) is 6.28. The number of nitrogen functional groups attached to an aromatic ring is 1. The lowest BCUT2D eigenvalue weighted by atomic mass is 10.2. The predicted molar refractivity (Wildman–Crippen MR) is 60.6 cm³/mol. The molecule has 0 atom stereocenters. The van der Waals surface area contributed by atoms with Gasteiger partial charge < -0.3 is 10.8 Å². The zero-order valence-electron chi connectivity index (χ0n) is 6.04. The Morgan fingerprint density at radius 1 is 1.42 bits per heavy atom. The standard InChI is InChI=1S/C8H6INOS/c9-8-7(11)5-3-4(10)1-2-6(5)12-8/h1-3,11H,10H2. The maximum absolute atomic E-state index is 9.57. The van der Waals surface area contributed by atoms with Crippen molar-refractivity contribution in [1.29, 1.82) is 0 Å². The van der Waals surface area contributed by atoms with E-state index in [2.05, 4.69) is 22.6 Å². The second kappa shape index (κ2) is 2.77. The fraction of sp³-hybridized carbons (Fsp3) is 0. The molecule has 0 bridgehead atoms. The number of thiophene rings is 1. The Morgan fingerprint density at radius 3 is 2.92 bits per heavy atom. The maximum Gasteiger partial charge on any atom is 0.147 e. The smallest absolute Gasteiger partial charge is 0.147 e. The Bertz CT molecular complexity index is 438. The van der Waals surface area contributed by atoms with E-state index in [-0.39, 0.29) is 0 Å². The molecule has 1 heterocycles. The van der Waals surface area contributed by atoms with Crippen LogP contribution in [0.5, 0.6) is 5.75 Å². The van der Waals surface area contributed by atoms with E-state index < -0.39 is 0 Å². The average molecular weight is 291 g/mol. The van der Waals surface area contributed by atoms with Crippen molar-refractivity contribution < 1.29 is 5.11 Å². The summed E-state index contributed by atoms with van der Waals surface area (Å²) in [5, 5.41) is 10.4. The number of halogens is 1. The molecule has 12 heavy (non-hydrogen) atoms. The summed E-state index contributed by atoms with van der Waals surface area (Å²) in [6.07, 6.45) is 0. The van der Waals surface area contributed by atoms with E-state index in [0.717, 1.165) is 13.0 Å². The third-order valence-electron chi connectivity index (χ3n) is 1.64. The highest BCUT2D eigenvalue weighted by Crippen LogP contribution is 2.38. The van der Waals surface area contributed by atoms with Gasteiger partial charge in [-0.05, 0) is 40.8 Å². The zero-order valence-corrected chi connectivity index (χ0v) is 9.02. The first-order valence-corrected chi connectivity index (χ1v) is 5.24. The minimum atomic E-state index is 0.350. The molecule has 1 aromatic heterocycles. The van der Waals surface area contributed by atoms with Crippen molar-refractivity contribution in [2.45, 2.75) is 0 Å². The second-order valence-corrected chi connectivity index (χ2v) is 5.34. The van der Waals surface area contributed by atoms with Crippen molar-refractivity contribution in [2.75, 3.05) is 5.73 Å². The third kappa shape index (κ3) is 1.15. The van der Waals surface area contributed by atoms with Gasteiger partial charge in [-0.25, -0.2) is 0 Å². The SMILES string of the molecule is Nc1ccc2sc(I)c(O)c2c1. The molecule has 3 N–H and O–H groups in total. The van der Waals surface area contributed by atoms with Crippen molar-refractivity contribution in [1.82, 2.24) is 0 Å². The zero-order chi connectivity index (χ0) is 8.72. The number of benzene rings is 1. The molecular weight excluding hydrogens is 285 g/mol. The van der Waals surface area contributed by atoms with E-state index in [9.17, 15) is 5.11 Å². The number of aromatic hydroxyl groups is 1. The van der Waals surface area contributed by atoms with Crippen molar-refractivity contribution in [3.8, 4) is 5.75 Å². The van der Waals surface area contributed by atoms with Crippen LogP contribution < -0.4 is 5.73 Å². The summed E-state index contributed by atoms with van der Waals surface area (Å²) >= 11 is 3.69. The van der Waals surface area contributed by atoms with Gasteiger partial charge in [-0.15, -0.1) is 11.3 Å². The van der Waals surface area contributed by atoms with Gasteiger partial charge in [0.2, 0.25) is 0 Å². The number of rotatable bonds is 0. The van der Waals surface area contributed by atoms with Gasteiger partial charge in [-0.3, -0.25) is 0 Å². The Morgan fingerprint density at radius 2 is 2.17 bits per heavy atom.